The molecule has 7 heteroatoms. The summed E-state index contributed by atoms with van der Waals surface area (Å²) in [4.78, 5) is 42.5. The highest BCUT2D eigenvalue weighted by Crippen LogP contribution is 2.41. The first-order valence-corrected chi connectivity index (χ1v) is 10.7. The second kappa shape index (κ2) is 9.16. The molecule has 30 heavy (non-hydrogen) atoms. The van der Waals surface area contributed by atoms with Crippen LogP contribution in [0.1, 0.15) is 51.5 Å². The Kier molecular flexibility index (Phi) is 6.81. The average Bonchev–Trinajstić information content (AvgIpc) is 2.96. The van der Waals surface area contributed by atoms with E-state index in [1.54, 1.807) is 36.3 Å². The fraction of sp³-hybridized carbons (Fsp3) is 0.609. The summed E-state index contributed by atoms with van der Waals surface area (Å²) in [5.41, 5.74) is -0.556. The van der Waals surface area contributed by atoms with Crippen LogP contribution in [-0.4, -0.2) is 65.5 Å². The van der Waals surface area contributed by atoms with Crippen molar-refractivity contribution in [2.45, 2.75) is 57.5 Å². The molecule has 2 aliphatic rings. The quantitative estimate of drug-likeness (QED) is 0.688. The summed E-state index contributed by atoms with van der Waals surface area (Å²) in [5, 5.41) is 9.95. The molecule has 0 unspecified atom stereocenters. The molecule has 2 fully saturated rings. The zero-order chi connectivity index (χ0) is 21.9. The van der Waals surface area contributed by atoms with Crippen molar-refractivity contribution in [3.63, 3.8) is 0 Å². The van der Waals surface area contributed by atoms with Gasteiger partial charge in [0.25, 0.3) is 0 Å². The number of aliphatic hydroxyl groups is 1. The zero-order valence-electron chi connectivity index (χ0n) is 18.1. The molecule has 2 heterocycles. The van der Waals surface area contributed by atoms with Crippen molar-refractivity contribution in [2.24, 2.45) is 5.92 Å². The van der Waals surface area contributed by atoms with E-state index in [1.807, 2.05) is 13.8 Å². The van der Waals surface area contributed by atoms with Crippen molar-refractivity contribution < 1.29 is 24.2 Å². The topological polar surface area (TPSA) is 87.2 Å². The molecule has 164 valence electrons. The lowest BCUT2D eigenvalue weighted by atomic mass is 9.75. The largest absolute Gasteiger partial charge is 0.497 e. The number of rotatable bonds is 7. The molecule has 2 atom stereocenters. The molecule has 1 aromatic carbocycles. The van der Waals surface area contributed by atoms with Gasteiger partial charge in [-0.15, -0.1) is 0 Å². The van der Waals surface area contributed by atoms with Gasteiger partial charge in [-0.25, -0.2) is 0 Å². The van der Waals surface area contributed by atoms with Gasteiger partial charge < -0.3 is 14.7 Å². The van der Waals surface area contributed by atoms with Crippen molar-refractivity contribution in [2.75, 3.05) is 26.7 Å². The molecule has 0 aromatic heterocycles. The summed E-state index contributed by atoms with van der Waals surface area (Å²) in [6.45, 7) is 5.30. The number of hydrogen-bond donors (Lipinski definition) is 1. The second-order valence-corrected chi connectivity index (χ2v) is 8.83. The van der Waals surface area contributed by atoms with Gasteiger partial charge in [0.2, 0.25) is 17.7 Å². The third kappa shape index (κ3) is 4.51. The van der Waals surface area contributed by atoms with E-state index in [2.05, 4.69) is 0 Å². The van der Waals surface area contributed by atoms with E-state index in [9.17, 15) is 19.5 Å². The van der Waals surface area contributed by atoms with Crippen molar-refractivity contribution in [1.82, 2.24) is 9.80 Å². The zero-order valence-corrected chi connectivity index (χ0v) is 18.1. The molecule has 0 saturated carbocycles. The summed E-state index contributed by atoms with van der Waals surface area (Å²) in [7, 11) is 1.56. The number of nitrogens with zero attached hydrogens (tertiary/aromatic N) is 2. The Bertz CT molecular complexity index is 791. The Hall–Kier alpha value is -2.41. The first-order chi connectivity index (χ1) is 14.3. The maximum Gasteiger partial charge on any atom is 0.240 e. The number of amides is 3. The maximum absolute atomic E-state index is 13.5. The first-order valence-electron chi connectivity index (χ1n) is 10.7. The van der Waals surface area contributed by atoms with Crippen LogP contribution in [0.2, 0.25) is 0 Å². The van der Waals surface area contributed by atoms with Crippen molar-refractivity contribution in [3.8, 4) is 5.75 Å². The minimum Gasteiger partial charge on any atom is -0.497 e. The smallest absolute Gasteiger partial charge is 0.240 e. The third-order valence-corrected chi connectivity index (χ3v) is 6.18. The molecule has 0 bridgehead atoms. The normalized spacial score (nSPS) is 24.6. The van der Waals surface area contributed by atoms with Crippen LogP contribution in [0.15, 0.2) is 24.3 Å². The van der Waals surface area contributed by atoms with Crippen molar-refractivity contribution in [1.29, 1.82) is 0 Å². The van der Waals surface area contributed by atoms with E-state index in [0.29, 0.717) is 36.7 Å². The van der Waals surface area contributed by atoms with E-state index in [-0.39, 0.29) is 37.1 Å². The highest BCUT2D eigenvalue weighted by molar-refractivity contribution is 6.10. The van der Waals surface area contributed by atoms with Crippen LogP contribution < -0.4 is 4.74 Å². The number of aliphatic hydroxyl groups excluding tert-OH is 1. The van der Waals surface area contributed by atoms with Gasteiger partial charge in [-0.1, -0.05) is 26.0 Å². The number of benzene rings is 1. The predicted octanol–water partition coefficient (Wildman–Crippen LogP) is 2.11. The molecule has 0 aliphatic carbocycles. The molecule has 2 saturated heterocycles. The van der Waals surface area contributed by atoms with Crippen LogP contribution in [0.5, 0.6) is 5.75 Å². The number of carbonyl (C=O) groups is 3. The van der Waals surface area contributed by atoms with Gasteiger partial charge in [0.15, 0.2) is 0 Å². The second-order valence-electron chi connectivity index (χ2n) is 8.83. The van der Waals surface area contributed by atoms with Crippen LogP contribution >= 0.6 is 0 Å². The van der Waals surface area contributed by atoms with E-state index >= 15 is 0 Å². The van der Waals surface area contributed by atoms with Gasteiger partial charge in [0.1, 0.15) is 5.75 Å². The molecular weight excluding hydrogens is 384 g/mol. The number of ether oxygens (including phenoxy) is 1. The lowest BCUT2D eigenvalue weighted by Gasteiger charge is -2.34. The molecule has 2 aliphatic heterocycles. The molecular formula is C23H32N2O5. The van der Waals surface area contributed by atoms with Crippen LogP contribution in [0.4, 0.5) is 0 Å². The summed E-state index contributed by atoms with van der Waals surface area (Å²) >= 11 is 0. The molecule has 3 amide bonds. The first kappa shape index (κ1) is 22.3. The van der Waals surface area contributed by atoms with Gasteiger partial charge in [0, 0.05) is 32.5 Å². The maximum atomic E-state index is 13.5. The van der Waals surface area contributed by atoms with Gasteiger partial charge in [0.05, 0.1) is 18.6 Å². The molecule has 3 rings (SSSR count). The summed E-state index contributed by atoms with van der Waals surface area (Å²) < 4.78 is 5.22. The Morgan fingerprint density at radius 1 is 1.27 bits per heavy atom. The summed E-state index contributed by atoms with van der Waals surface area (Å²) in [6, 6.07) is 7.05. The predicted molar refractivity (Wildman–Crippen MR) is 112 cm³/mol. The van der Waals surface area contributed by atoms with Crippen LogP contribution in [-0.2, 0) is 19.8 Å². The number of hydrogen-bond acceptors (Lipinski definition) is 5. The number of methoxy groups -OCH3 is 1. The lowest BCUT2D eigenvalue weighted by molar-refractivity contribution is -0.143. The van der Waals surface area contributed by atoms with E-state index in [4.69, 9.17) is 4.74 Å². The molecule has 1 aromatic rings. The molecule has 1 N–H and O–H groups in total. The fourth-order valence-corrected chi connectivity index (χ4v) is 4.34. The average molecular weight is 417 g/mol. The summed E-state index contributed by atoms with van der Waals surface area (Å²) in [5.74, 6) is 0.273. The SMILES string of the molecule is COc1ccc([C@@]2(CC(=O)N3CCC[C@@H](O)C3)CC(=O)N(CCC(C)C)C2=O)cc1. The minimum absolute atomic E-state index is 0.0155. The summed E-state index contributed by atoms with van der Waals surface area (Å²) in [6.07, 6.45) is 1.50. The van der Waals surface area contributed by atoms with E-state index in [1.165, 1.54) is 4.90 Å². The Morgan fingerprint density at radius 3 is 2.57 bits per heavy atom. The molecule has 0 radical (unpaired) electrons. The van der Waals surface area contributed by atoms with E-state index < -0.39 is 11.5 Å². The minimum atomic E-state index is -1.21. The van der Waals surface area contributed by atoms with Gasteiger partial charge in [-0.3, -0.25) is 19.3 Å². The lowest BCUT2D eigenvalue weighted by Crippen LogP contribution is -2.47. The highest BCUT2D eigenvalue weighted by Gasteiger charge is 2.54. The highest BCUT2D eigenvalue weighted by atomic mass is 16.5. The van der Waals surface area contributed by atoms with Crippen molar-refractivity contribution >= 4 is 17.7 Å². The number of β-amino-alcohol motifs (C(OH)–C–C–N with tert-alkyl or cyclic N) is 1. The van der Waals surface area contributed by atoms with Gasteiger partial charge >= 0.3 is 0 Å². The van der Waals surface area contributed by atoms with Gasteiger partial charge in [-0.05, 0) is 42.9 Å². The van der Waals surface area contributed by atoms with Crippen LogP contribution in [0.3, 0.4) is 0 Å². The Morgan fingerprint density at radius 2 is 1.97 bits per heavy atom. The standard InChI is InChI=1S/C23H32N2O5/c1-16(2)10-12-25-21(28)14-23(22(25)29,17-6-8-19(30-3)9-7-17)13-20(27)24-11-4-5-18(26)15-24/h6-9,16,18,26H,4-5,10-15H2,1-3H3/t18-,23-/m1/s1. The number of imide groups is 1. The van der Waals surface area contributed by atoms with Crippen molar-refractivity contribution in [3.05, 3.63) is 29.8 Å². The van der Waals surface area contributed by atoms with Gasteiger partial charge in [-0.2, -0.15) is 0 Å². The monoisotopic (exact) mass is 416 g/mol. The fourth-order valence-electron chi connectivity index (χ4n) is 4.34. The third-order valence-electron chi connectivity index (χ3n) is 6.18. The van der Waals surface area contributed by atoms with Crippen LogP contribution in [0.25, 0.3) is 0 Å². The number of likely N-dealkylation sites (tertiary alicyclic amines) is 2. The molecule has 0 spiro atoms. The Labute approximate surface area is 178 Å². The number of piperidine rings is 1. The Balaban J connectivity index is 1.91. The van der Waals surface area contributed by atoms with E-state index in [0.717, 1.165) is 12.8 Å². The molecule has 7 nitrogen and oxygen atoms in total. The van der Waals surface area contributed by atoms with Crippen LogP contribution in [0, 0.1) is 5.92 Å². The number of carbonyl (C=O) groups excluding carboxylic acids is 3.